The zero-order valence-corrected chi connectivity index (χ0v) is 24.2. The molecular weight excluding hydrogens is 488 g/mol. The first kappa shape index (κ1) is 26.4. The number of rotatable bonds is 2. The van der Waals surface area contributed by atoms with Gasteiger partial charge in [-0.3, -0.25) is 9.59 Å². The lowest BCUT2D eigenvalue weighted by atomic mass is 9.86. The fourth-order valence-electron chi connectivity index (χ4n) is 5.57. The lowest BCUT2D eigenvalue weighted by Gasteiger charge is -2.16. The molecule has 2 aliphatic rings. The van der Waals surface area contributed by atoms with Gasteiger partial charge in [0.2, 0.25) is 11.8 Å². The number of nitrogens with one attached hydrogen (secondary N) is 1. The van der Waals surface area contributed by atoms with Gasteiger partial charge in [-0.15, -0.1) is 0 Å². The number of hydrogen-bond acceptors (Lipinski definition) is 4. The van der Waals surface area contributed by atoms with Crippen LogP contribution in [-0.4, -0.2) is 45.4 Å². The summed E-state index contributed by atoms with van der Waals surface area (Å²) < 4.78 is 2.06. The van der Waals surface area contributed by atoms with Crippen molar-refractivity contribution >= 4 is 23.2 Å². The van der Waals surface area contributed by atoms with E-state index in [1.54, 1.807) is 16.0 Å². The maximum Gasteiger partial charge on any atom is 0.236 e. The standard InChI is InChI=1S/C16H19N3O.C15H17N3O/c1-10-9-17-14(18(10)4)11-6-7-12-13(8-11)19(5)15(20)16(12,2)3;1-9-8-16-13(17-9)10-5-6-11-12(7-10)18(4)14(19)15(11,2)3/h6-9H,1-5H3;5-8H,1-4H3,(H,16,17). The molecule has 202 valence electrons. The Labute approximate surface area is 229 Å². The van der Waals surface area contributed by atoms with E-state index >= 15 is 0 Å². The third kappa shape index (κ3) is 4.06. The Morgan fingerprint density at radius 1 is 0.718 bits per heavy atom. The van der Waals surface area contributed by atoms with Crippen LogP contribution < -0.4 is 9.80 Å². The number of aromatic amines is 1. The highest BCUT2D eigenvalue weighted by molar-refractivity contribution is 6.08. The topological polar surface area (TPSA) is 87.1 Å². The van der Waals surface area contributed by atoms with Gasteiger partial charge in [0.15, 0.2) is 0 Å². The molecule has 8 nitrogen and oxygen atoms in total. The number of aromatic nitrogens is 4. The van der Waals surface area contributed by atoms with Crippen molar-refractivity contribution in [3.05, 3.63) is 71.3 Å². The van der Waals surface area contributed by atoms with Crippen LogP contribution in [-0.2, 0) is 27.5 Å². The fourth-order valence-corrected chi connectivity index (χ4v) is 5.57. The Hall–Kier alpha value is -4.20. The maximum atomic E-state index is 12.3. The monoisotopic (exact) mass is 524 g/mol. The third-order valence-corrected chi connectivity index (χ3v) is 8.20. The summed E-state index contributed by atoms with van der Waals surface area (Å²) in [5, 5.41) is 0. The quantitative estimate of drug-likeness (QED) is 0.386. The summed E-state index contributed by atoms with van der Waals surface area (Å²) in [7, 11) is 5.67. The summed E-state index contributed by atoms with van der Waals surface area (Å²) in [5.74, 6) is 2.04. The highest BCUT2D eigenvalue weighted by atomic mass is 16.2. The molecule has 2 aromatic heterocycles. The Morgan fingerprint density at radius 2 is 1.23 bits per heavy atom. The van der Waals surface area contributed by atoms with Crippen LogP contribution in [0.3, 0.4) is 0 Å². The summed E-state index contributed by atoms with van der Waals surface area (Å²) >= 11 is 0. The number of fused-ring (bicyclic) bond motifs is 2. The van der Waals surface area contributed by atoms with Crippen molar-refractivity contribution in [3.63, 3.8) is 0 Å². The molecule has 2 amide bonds. The van der Waals surface area contributed by atoms with E-state index in [1.165, 1.54) is 0 Å². The second-order valence-corrected chi connectivity index (χ2v) is 11.6. The smallest absolute Gasteiger partial charge is 0.236 e. The van der Waals surface area contributed by atoms with Gasteiger partial charge in [-0.25, -0.2) is 9.97 Å². The van der Waals surface area contributed by atoms with Crippen molar-refractivity contribution in [1.82, 2.24) is 19.5 Å². The SMILES string of the molecule is Cc1cnc(-c2ccc3c(c2)N(C)C(=O)C3(C)C)[nH]1.Cc1cnc(-c2ccc3c(c2)N(C)C(=O)C3(C)C)n1C. The van der Waals surface area contributed by atoms with Gasteiger partial charge in [0, 0.05) is 67.4 Å². The number of carbonyl (C=O) groups excluding carboxylic acids is 2. The van der Waals surface area contributed by atoms with Crippen molar-refractivity contribution in [2.24, 2.45) is 7.05 Å². The predicted octanol–water partition coefficient (Wildman–Crippen LogP) is 5.29. The van der Waals surface area contributed by atoms with Gasteiger partial charge >= 0.3 is 0 Å². The van der Waals surface area contributed by atoms with E-state index in [9.17, 15) is 9.59 Å². The first-order valence-corrected chi connectivity index (χ1v) is 13.1. The largest absolute Gasteiger partial charge is 0.342 e. The number of benzene rings is 2. The van der Waals surface area contributed by atoms with Crippen LogP contribution in [0.15, 0.2) is 48.8 Å². The average molecular weight is 525 g/mol. The van der Waals surface area contributed by atoms with Crippen LogP contribution in [0.4, 0.5) is 11.4 Å². The number of amides is 2. The molecule has 8 heteroatoms. The lowest BCUT2D eigenvalue weighted by Crippen LogP contribution is -2.33. The van der Waals surface area contributed by atoms with Gasteiger partial charge in [-0.05, 0) is 64.8 Å². The summed E-state index contributed by atoms with van der Waals surface area (Å²) in [6.45, 7) is 11.9. The first-order chi connectivity index (χ1) is 18.2. The minimum absolute atomic E-state index is 0.135. The van der Waals surface area contributed by atoms with Gasteiger partial charge < -0.3 is 19.4 Å². The van der Waals surface area contributed by atoms with Crippen molar-refractivity contribution < 1.29 is 9.59 Å². The zero-order chi connectivity index (χ0) is 28.4. The number of anilines is 2. The normalized spacial score (nSPS) is 16.7. The molecular formula is C31H36N6O2. The van der Waals surface area contributed by atoms with Gasteiger partial charge in [0.1, 0.15) is 11.6 Å². The van der Waals surface area contributed by atoms with Crippen LogP contribution in [0.25, 0.3) is 22.8 Å². The van der Waals surface area contributed by atoms with E-state index < -0.39 is 10.8 Å². The second-order valence-electron chi connectivity index (χ2n) is 11.6. The molecule has 4 aromatic rings. The Morgan fingerprint density at radius 3 is 1.69 bits per heavy atom. The van der Waals surface area contributed by atoms with Gasteiger partial charge in [-0.2, -0.15) is 0 Å². The molecule has 4 heterocycles. The third-order valence-electron chi connectivity index (χ3n) is 8.20. The molecule has 0 saturated heterocycles. The van der Waals surface area contributed by atoms with Crippen LogP contribution in [0, 0.1) is 13.8 Å². The van der Waals surface area contributed by atoms with Gasteiger partial charge in [0.25, 0.3) is 0 Å². The molecule has 0 aliphatic carbocycles. The Balaban J connectivity index is 0.000000158. The van der Waals surface area contributed by atoms with E-state index in [0.29, 0.717) is 0 Å². The molecule has 2 aromatic carbocycles. The van der Waals surface area contributed by atoms with Gasteiger partial charge in [0.05, 0.1) is 10.8 Å². The van der Waals surface area contributed by atoms with Crippen molar-refractivity contribution in [2.45, 2.75) is 52.4 Å². The molecule has 39 heavy (non-hydrogen) atoms. The summed E-state index contributed by atoms with van der Waals surface area (Å²) in [6, 6.07) is 12.2. The maximum absolute atomic E-state index is 12.3. The summed E-state index contributed by atoms with van der Waals surface area (Å²) in [4.78, 5) is 40.0. The lowest BCUT2D eigenvalue weighted by molar-refractivity contribution is -0.122. The minimum atomic E-state index is -0.444. The molecule has 0 unspecified atom stereocenters. The number of H-pyrrole nitrogens is 1. The van der Waals surface area contributed by atoms with Crippen LogP contribution in [0.5, 0.6) is 0 Å². The molecule has 2 aliphatic heterocycles. The number of likely N-dealkylation sites (N-methyl/N-ethyl adjacent to an activating group) is 2. The van der Waals surface area contributed by atoms with E-state index in [-0.39, 0.29) is 11.8 Å². The van der Waals surface area contributed by atoms with E-state index in [4.69, 9.17) is 0 Å². The summed E-state index contributed by atoms with van der Waals surface area (Å²) in [6.07, 6.45) is 3.67. The van der Waals surface area contributed by atoms with Crippen molar-refractivity contribution in [2.75, 3.05) is 23.9 Å². The highest BCUT2D eigenvalue weighted by Crippen LogP contribution is 2.43. The van der Waals surface area contributed by atoms with Crippen LogP contribution in [0.2, 0.25) is 0 Å². The van der Waals surface area contributed by atoms with E-state index in [2.05, 4.69) is 37.7 Å². The first-order valence-electron chi connectivity index (χ1n) is 13.1. The molecule has 0 fully saturated rings. The molecule has 0 spiro atoms. The Bertz CT molecular complexity index is 1620. The highest BCUT2D eigenvalue weighted by Gasteiger charge is 2.43. The van der Waals surface area contributed by atoms with E-state index in [0.717, 1.165) is 56.7 Å². The molecule has 0 atom stereocenters. The predicted molar refractivity (Wildman–Crippen MR) is 155 cm³/mol. The minimum Gasteiger partial charge on any atom is -0.342 e. The Kier molecular flexibility index (Phi) is 6.05. The number of aryl methyl sites for hydroxylation is 2. The summed E-state index contributed by atoms with van der Waals surface area (Å²) in [5.41, 5.74) is 7.42. The molecule has 0 saturated carbocycles. The van der Waals surface area contributed by atoms with E-state index in [1.807, 2.05) is 87.1 Å². The molecule has 0 bridgehead atoms. The number of nitrogens with zero attached hydrogens (tertiary/aromatic N) is 5. The van der Waals surface area contributed by atoms with Crippen molar-refractivity contribution in [1.29, 1.82) is 0 Å². The molecule has 0 radical (unpaired) electrons. The second kappa shape index (κ2) is 8.93. The number of carbonyl (C=O) groups is 2. The average Bonchev–Trinajstić information content (AvgIpc) is 3.58. The zero-order valence-electron chi connectivity index (χ0n) is 24.2. The molecule has 1 N–H and O–H groups in total. The number of hydrogen-bond donors (Lipinski definition) is 1. The number of imidazole rings is 2. The van der Waals surface area contributed by atoms with Crippen molar-refractivity contribution in [3.8, 4) is 22.8 Å². The van der Waals surface area contributed by atoms with Crippen LogP contribution in [0.1, 0.15) is 50.2 Å². The fraction of sp³-hybridized carbons (Fsp3) is 0.355. The van der Waals surface area contributed by atoms with Gasteiger partial charge in [-0.1, -0.05) is 24.3 Å². The van der Waals surface area contributed by atoms with Crippen LogP contribution >= 0.6 is 0 Å². The molecule has 6 rings (SSSR count).